The molecule has 0 radical (unpaired) electrons. The number of fused-ring (bicyclic) bond motifs is 1. The number of carboxylic acid groups (broad SMARTS) is 1. The largest absolute Gasteiger partial charge is 0.481 e. The number of para-hydroxylation sites is 1. The van der Waals surface area contributed by atoms with E-state index in [-0.39, 0.29) is 11.5 Å². The van der Waals surface area contributed by atoms with Crippen LogP contribution in [-0.2, 0) is 14.4 Å². The standard InChI is InChI=1S/C31H28F6N4O4/c32-30(33,34)16-8-12-21(29(44)45)20(15-17-31(35,36)37)27(42)40-26-28(43)41(24-14-6-7-18-38-24)23-13-5-4-11-22(23)25(39-26)19-9-2-1-3-10-19/h1-7,9-11,13-14,18,20-21,26H,8,12,15-17H2,(H,40,42)(H,44,45)/t20?,21?,26-/m1/s1. The molecule has 238 valence electrons. The van der Waals surface area contributed by atoms with Crippen molar-refractivity contribution < 1.29 is 45.8 Å². The maximum atomic E-state index is 14.1. The quantitative estimate of drug-likeness (QED) is 0.236. The molecule has 2 heterocycles. The Bertz CT molecular complexity index is 1530. The van der Waals surface area contributed by atoms with Crippen molar-refractivity contribution in [1.29, 1.82) is 0 Å². The Morgan fingerprint density at radius 3 is 2.11 bits per heavy atom. The average Bonchev–Trinajstić information content (AvgIpc) is 3.10. The maximum absolute atomic E-state index is 14.1. The summed E-state index contributed by atoms with van der Waals surface area (Å²) in [5, 5.41) is 12.1. The van der Waals surface area contributed by atoms with Crippen LogP contribution in [0.15, 0.2) is 84.0 Å². The van der Waals surface area contributed by atoms with Crippen molar-refractivity contribution in [3.05, 3.63) is 90.1 Å². The third kappa shape index (κ3) is 8.67. The monoisotopic (exact) mass is 634 g/mol. The zero-order chi connectivity index (χ0) is 32.8. The highest BCUT2D eigenvalue weighted by Gasteiger charge is 2.41. The van der Waals surface area contributed by atoms with E-state index in [1.165, 1.54) is 17.2 Å². The molecule has 2 amide bonds. The highest BCUT2D eigenvalue weighted by molar-refractivity contribution is 6.21. The van der Waals surface area contributed by atoms with E-state index in [1.54, 1.807) is 66.7 Å². The summed E-state index contributed by atoms with van der Waals surface area (Å²) in [6.07, 6.45) is -15.2. The van der Waals surface area contributed by atoms with E-state index in [0.717, 1.165) is 0 Å². The smallest absolute Gasteiger partial charge is 0.389 e. The van der Waals surface area contributed by atoms with Gasteiger partial charge in [-0.3, -0.25) is 19.3 Å². The molecule has 0 fully saturated rings. The number of carboxylic acids is 1. The molecule has 1 aliphatic rings. The van der Waals surface area contributed by atoms with Crippen molar-refractivity contribution in [1.82, 2.24) is 10.3 Å². The minimum atomic E-state index is -4.79. The van der Waals surface area contributed by atoms with Crippen LogP contribution >= 0.6 is 0 Å². The number of amides is 2. The molecule has 2 unspecified atom stereocenters. The van der Waals surface area contributed by atoms with Gasteiger partial charge in [-0.05, 0) is 37.5 Å². The molecule has 1 aromatic heterocycles. The van der Waals surface area contributed by atoms with Crippen LogP contribution in [0.25, 0.3) is 0 Å². The van der Waals surface area contributed by atoms with Crippen LogP contribution in [0, 0.1) is 11.8 Å². The number of benzene rings is 2. The number of hydrogen-bond acceptors (Lipinski definition) is 5. The maximum Gasteiger partial charge on any atom is 0.389 e. The summed E-state index contributed by atoms with van der Waals surface area (Å²) in [4.78, 5) is 49.8. The van der Waals surface area contributed by atoms with Gasteiger partial charge in [-0.15, -0.1) is 0 Å². The molecular formula is C31H28F6N4O4. The van der Waals surface area contributed by atoms with Gasteiger partial charge in [-0.1, -0.05) is 54.6 Å². The van der Waals surface area contributed by atoms with Crippen LogP contribution in [0.1, 0.15) is 43.2 Å². The fraction of sp³-hybridized carbons (Fsp3) is 0.323. The topological polar surface area (TPSA) is 112 Å². The molecule has 8 nitrogen and oxygen atoms in total. The molecule has 0 spiro atoms. The van der Waals surface area contributed by atoms with Gasteiger partial charge in [0, 0.05) is 30.2 Å². The number of rotatable bonds is 11. The summed E-state index contributed by atoms with van der Waals surface area (Å²) in [5.41, 5.74) is 1.58. The lowest BCUT2D eigenvalue weighted by Gasteiger charge is -2.27. The first-order chi connectivity index (χ1) is 21.2. The lowest BCUT2D eigenvalue weighted by Crippen LogP contribution is -2.49. The summed E-state index contributed by atoms with van der Waals surface area (Å²) in [7, 11) is 0. The van der Waals surface area contributed by atoms with Crippen molar-refractivity contribution >= 4 is 35.0 Å². The van der Waals surface area contributed by atoms with Gasteiger partial charge in [-0.2, -0.15) is 26.3 Å². The number of pyridine rings is 1. The van der Waals surface area contributed by atoms with E-state index in [1.807, 2.05) is 0 Å². The SMILES string of the molecule is O=C(O)C(CCCC(F)(F)F)C(CCC(F)(F)F)C(=O)N[C@H]1N=C(c2ccccc2)c2ccccc2N(c2ccccn2)C1=O. The minimum Gasteiger partial charge on any atom is -0.481 e. The number of hydrogen-bond donors (Lipinski definition) is 2. The molecule has 3 atom stereocenters. The van der Waals surface area contributed by atoms with E-state index in [9.17, 15) is 45.8 Å². The fourth-order valence-electron chi connectivity index (χ4n) is 5.10. The number of aliphatic carboxylic acids is 1. The van der Waals surface area contributed by atoms with Crippen LogP contribution in [0.3, 0.4) is 0 Å². The second-order valence-corrected chi connectivity index (χ2v) is 10.3. The number of anilines is 2. The van der Waals surface area contributed by atoms with Crippen LogP contribution < -0.4 is 10.2 Å². The predicted octanol–water partition coefficient (Wildman–Crippen LogP) is 6.43. The Kier molecular flexibility index (Phi) is 10.2. The van der Waals surface area contributed by atoms with E-state index >= 15 is 0 Å². The molecule has 14 heteroatoms. The Morgan fingerprint density at radius 1 is 0.844 bits per heavy atom. The van der Waals surface area contributed by atoms with Crippen molar-refractivity contribution in [3.8, 4) is 0 Å². The minimum absolute atomic E-state index is 0.142. The number of benzodiazepines with no additional fused rings is 1. The summed E-state index contributed by atoms with van der Waals surface area (Å²) in [5.74, 6) is -7.52. The second-order valence-electron chi connectivity index (χ2n) is 10.3. The molecule has 45 heavy (non-hydrogen) atoms. The molecule has 0 saturated carbocycles. The zero-order valence-electron chi connectivity index (χ0n) is 23.6. The second kappa shape index (κ2) is 13.9. The van der Waals surface area contributed by atoms with Gasteiger partial charge >= 0.3 is 18.3 Å². The number of nitrogens with one attached hydrogen (secondary N) is 1. The number of alkyl halides is 6. The number of aromatic nitrogens is 1. The van der Waals surface area contributed by atoms with E-state index in [2.05, 4.69) is 15.3 Å². The summed E-state index contributed by atoms with van der Waals surface area (Å²) in [6, 6.07) is 20.0. The molecule has 2 aromatic carbocycles. The van der Waals surface area contributed by atoms with Crippen molar-refractivity contribution in [2.45, 2.75) is 50.6 Å². The number of carbonyl (C=O) groups excluding carboxylic acids is 2. The summed E-state index contributed by atoms with van der Waals surface area (Å²) >= 11 is 0. The first-order valence-corrected chi connectivity index (χ1v) is 13.9. The molecule has 0 aliphatic carbocycles. The Hall–Kier alpha value is -4.75. The Morgan fingerprint density at radius 2 is 1.49 bits per heavy atom. The van der Waals surface area contributed by atoms with Gasteiger partial charge in [0.2, 0.25) is 12.1 Å². The summed E-state index contributed by atoms with van der Waals surface area (Å²) < 4.78 is 78.1. The predicted molar refractivity (Wildman–Crippen MR) is 152 cm³/mol. The van der Waals surface area contributed by atoms with Crippen molar-refractivity contribution in [3.63, 3.8) is 0 Å². The highest BCUT2D eigenvalue weighted by atomic mass is 19.4. The highest BCUT2D eigenvalue weighted by Crippen LogP contribution is 2.35. The van der Waals surface area contributed by atoms with Crippen molar-refractivity contribution in [2.24, 2.45) is 16.8 Å². The molecule has 0 saturated heterocycles. The van der Waals surface area contributed by atoms with Crippen LogP contribution in [0.2, 0.25) is 0 Å². The third-order valence-corrected chi connectivity index (χ3v) is 7.17. The van der Waals surface area contributed by atoms with Crippen molar-refractivity contribution in [2.75, 3.05) is 4.90 Å². The van der Waals surface area contributed by atoms with Gasteiger partial charge in [0.25, 0.3) is 5.91 Å². The van der Waals surface area contributed by atoms with Crippen LogP contribution in [-0.4, -0.2) is 52.1 Å². The molecule has 4 rings (SSSR count). The molecule has 1 aliphatic heterocycles. The third-order valence-electron chi connectivity index (χ3n) is 7.17. The van der Waals surface area contributed by atoms with Gasteiger partial charge in [0.05, 0.1) is 23.2 Å². The van der Waals surface area contributed by atoms with E-state index < -0.39 is 80.2 Å². The lowest BCUT2D eigenvalue weighted by molar-refractivity contribution is -0.155. The fourth-order valence-corrected chi connectivity index (χ4v) is 5.10. The molecule has 3 aromatic rings. The lowest BCUT2D eigenvalue weighted by atomic mass is 9.83. The zero-order valence-corrected chi connectivity index (χ0v) is 23.6. The van der Waals surface area contributed by atoms with Crippen LogP contribution in [0.4, 0.5) is 37.8 Å². The van der Waals surface area contributed by atoms with E-state index in [4.69, 9.17) is 0 Å². The van der Waals surface area contributed by atoms with Gasteiger partial charge < -0.3 is 10.4 Å². The van der Waals surface area contributed by atoms with Gasteiger partial charge in [-0.25, -0.2) is 9.98 Å². The Balaban J connectivity index is 1.77. The molecule has 2 N–H and O–H groups in total. The first kappa shape index (κ1) is 33.1. The van der Waals surface area contributed by atoms with Gasteiger partial charge in [0.15, 0.2) is 0 Å². The van der Waals surface area contributed by atoms with E-state index in [0.29, 0.717) is 16.8 Å². The number of nitrogens with zero attached hydrogens (tertiary/aromatic N) is 3. The first-order valence-electron chi connectivity index (χ1n) is 13.9. The average molecular weight is 635 g/mol. The van der Waals surface area contributed by atoms with Crippen LogP contribution in [0.5, 0.6) is 0 Å². The Labute approximate surface area is 253 Å². The summed E-state index contributed by atoms with van der Waals surface area (Å²) in [6.45, 7) is 0. The normalized spacial score (nSPS) is 16.7. The number of halogens is 6. The molecule has 0 bridgehead atoms. The molecular weight excluding hydrogens is 606 g/mol. The number of carbonyl (C=O) groups is 3. The van der Waals surface area contributed by atoms with Gasteiger partial charge in [0.1, 0.15) is 5.82 Å². The number of aliphatic imine (C=N–C) groups is 1.